The van der Waals surface area contributed by atoms with Gasteiger partial charge in [0.2, 0.25) is 0 Å². The average Bonchev–Trinajstić information content (AvgIpc) is 2.34. The molecular weight excluding hydrogens is 268 g/mol. The molecule has 0 saturated carbocycles. The topological polar surface area (TPSA) is 46.5 Å². The highest BCUT2D eigenvalue weighted by Gasteiger charge is 2.42. The minimum absolute atomic E-state index is 0.00287. The van der Waals surface area contributed by atoms with Crippen molar-refractivity contribution in [3.63, 3.8) is 0 Å². The largest absolute Gasteiger partial charge is 0.404 e. The van der Waals surface area contributed by atoms with E-state index in [1.54, 1.807) is 0 Å². The summed E-state index contributed by atoms with van der Waals surface area (Å²) in [5.74, 6) is -0.133. The van der Waals surface area contributed by atoms with E-state index in [9.17, 15) is 9.90 Å². The zero-order chi connectivity index (χ0) is 15.6. The van der Waals surface area contributed by atoms with Crippen LogP contribution in [0.3, 0.4) is 0 Å². The Morgan fingerprint density at radius 2 is 1.70 bits per heavy atom. The molecule has 2 atom stereocenters. The van der Waals surface area contributed by atoms with Crippen molar-refractivity contribution in [2.45, 2.75) is 58.0 Å². The molecule has 112 valence electrons. The fourth-order valence-corrected chi connectivity index (χ4v) is 2.97. The van der Waals surface area contributed by atoms with Gasteiger partial charge in [0.25, 0.3) is 0 Å². The predicted octanol–water partition coefficient (Wildman–Crippen LogP) is 3.70. The summed E-state index contributed by atoms with van der Waals surface area (Å²) in [4.78, 5) is 11.9. The highest BCUT2D eigenvalue weighted by Crippen LogP contribution is 2.38. The molecule has 4 heteroatoms. The summed E-state index contributed by atoms with van der Waals surface area (Å²) in [7, 11) is -2.11. The van der Waals surface area contributed by atoms with Crippen molar-refractivity contribution in [2.24, 2.45) is 0 Å². The molecule has 0 heterocycles. The molecular formula is C16H26O3Si. The van der Waals surface area contributed by atoms with E-state index in [-0.39, 0.29) is 10.8 Å². The molecule has 0 aliphatic heterocycles. The Hall–Kier alpha value is -0.973. The Kier molecular flexibility index (Phi) is 5.30. The number of aliphatic hydroxyl groups is 1. The normalized spacial score (nSPS) is 15.8. The van der Waals surface area contributed by atoms with Crippen molar-refractivity contribution in [1.82, 2.24) is 0 Å². The molecule has 0 aromatic heterocycles. The number of hydrogen-bond acceptors (Lipinski definition) is 3. The molecule has 0 radical (unpaired) electrons. The summed E-state index contributed by atoms with van der Waals surface area (Å²) in [6.07, 6.45) is -1.71. The molecule has 0 aliphatic rings. The van der Waals surface area contributed by atoms with E-state index in [0.717, 1.165) is 0 Å². The maximum Gasteiger partial charge on any atom is 0.193 e. The van der Waals surface area contributed by atoms with Gasteiger partial charge in [-0.3, -0.25) is 4.79 Å². The number of aliphatic hydroxyl groups excluding tert-OH is 1. The predicted molar refractivity (Wildman–Crippen MR) is 84.2 cm³/mol. The van der Waals surface area contributed by atoms with E-state index in [1.807, 2.05) is 30.3 Å². The van der Waals surface area contributed by atoms with Crippen molar-refractivity contribution in [1.29, 1.82) is 0 Å². The monoisotopic (exact) mass is 294 g/mol. The third kappa shape index (κ3) is 4.01. The zero-order valence-corrected chi connectivity index (χ0v) is 14.3. The molecule has 0 amide bonds. The number of carbonyl (C=O) groups excluding carboxylic acids is 1. The van der Waals surface area contributed by atoms with E-state index in [0.29, 0.717) is 5.56 Å². The summed E-state index contributed by atoms with van der Waals surface area (Å²) in [6, 6.07) is 9.21. The number of hydrogen-bond donors (Lipinski definition) is 1. The molecule has 0 aliphatic carbocycles. The van der Waals surface area contributed by atoms with Crippen molar-refractivity contribution in [3.8, 4) is 0 Å². The van der Waals surface area contributed by atoms with Crippen LogP contribution in [0.4, 0.5) is 0 Å². The minimum Gasteiger partial charge on any atom is -0.404 e. The van der Waals surface area contributed by atoms with Gasteiger partial charge in [0.15, 0.2) is 14.1 Å². The number of ketones is 1. The smallest absolute Gasteiger partial charge is 0.193 e. The summed E-state index contributed by atoms with van der Waals surface area (Å²) in [5.41, 5.74) is 0.714. The molecule has 0 spiro atoms. The second-order valence-electron chi connectivity index (χ2n) is 6.76. The molecule has 0 saturated heterocycles. The van der Waals surface area contributed by atoms with Crippen LogP contribution in [0.2, 0.25) is 18.1 Å². The number of carbonyl (C=O) groups is 1. The first-order valence-electron chi connectivity index (χ1n) is 6.97. The van der Waals surface area contributed by atoms with E-state index in [2.05, 4.69) is 33.9 Å². The van der Waals surface area contributed by atoms with Gasteiger partial charge in [-0.15, -0.1) is 0 Å². The van der Waals surface area contributed by atoms with Crippen LogP contribution < -0.4 is 0 Å². The average molecular weight is 294 g/mol. The Morgan fingerprint density at radius 3 is 2.10 bits per heavy atom. The van der Waals surface area contributed by atoms with E-state index < -0.39 is 20.5 Å². The van der Waals surface area contributed by atoms with Gasteiger partial charge in [-0.25, -0.2) is 0 Å². The van der Waals surface area contributed by atoms with Gasteiger partial charge in [-0.2, -0.15) is 0 Å². The molecule has 0 bridgehead atoms. The summed E-state index contributed by atoms with van der Waals surface area (Å²) in [5, 5.41) is 10.5. The Bertz CT molecular complexity index is 449. The SMILES string of the molecule is CC(=O)[C@H](O[Si](C)(C)C(C)(C)C)[C@@H](O)c1ccccc1. The van der Waals surface area contributed by atoms with E-state index in [1.165, 1.54) is 6.92 Å². The Morgan fingerprint density at radius 1 is 1.20 bits per heavy atom. The molecule has 1 aromatic rings. The van der Waals surface area contributed by atoms with Crippen LogP contribution in [-0.2, 0) is 9.22 Å². The second-order valence-corrected chi connectivity index (χ2v) is 11.5. The van der Waals surface area contributed by atoms with Gasteiger partial charge in [0.05, 0.1) is 0 Å². The number of benzene rings is 1. The van der Waals surface area contributed by atoms with E-state index in [4.69, 9.17) is 4.43 Å². The molecule has 1 aromatic carbocycles. The van der Waals surface area contributed by atoms with Gasteiger partial charge < -0.3 is 9.53 Å². The summed E-state index contributed by atoms with van der Waals surface area (Å²) < 4.78 is 6.12. The van der Waals surface area contributed by atoms with Crippen molar-refractivity contribution in [2.75, 3.05) is 0 Å². The lowest BCUT2D eigenvalue weighted by molar-refractivity contribution is -0.129. The fourth-order valence-electron chi connectivity index (χ4n) is 1.69. The Balaban J connectivity index is 2.99. The maximum atomic E-state index is 11.9. The molecule has 3 nitrogen and oxygen atoms in total. The summed E-state index contributed by atoms with van der Waals surface area (Å²) >= 11 is 0. The molecule has 1 N–H and O–H groups in total. The lowest BCUT2D eigenvalue weighted by Gasteiger charge is -2.39. The Labute approximate surface area is 123 Å². The van der Waals surface area contributed by atoms with Crippen LogP contribution >= 0.6 is 0 Å². The highest BCUT2D eigenvalue weighted by atomic mass is 28.4. The molecule has 0 unspecified atom stereocenters. The van der Waals surface area contributed by atoms with Crippen molar-refractivity contribution in [3.05, 3.63) is 35.9 Å². The zero-order valence-electron chi connectivity index (χ0n) is 13.3. The maximum absolute atomic E-state index is 11.9. The van der Waals surface area contributed by atoms with Gasteiger partial charge in [0, 0.05) is 0 Å². The van der Waals surface area contributed by atoms with Gasteiger partial charge in [0.1, 0.15) is 12.2 Å². The molecule has 1 rings (SSSR count). The fraction of sp³-hybridized carbons (Fsp3) is 0.562. The third-order valence-corrected chi connectivity index (χ3v) is 8.51. The second kappa shape index (κ2) is 6.20. The van der Waals surface area contributed by atoms with Crippen LogP contribution in [0.25, 0.3) is 0 Å². The van der Waals surface area contributed by atoms with Gasteiger partial charge in [-0.05, 0) is 30.6 Å². The number of rotatable bonds is 5. The first kappa shape index (κ1) is 17.1. The first-order chi connectivity index (χ1) is 9.06. The third-order valence-electron chi connectivity index (χ3n) is 4.06. The van der Waals surface area contributed by atoms with E-state index >= 15 is 0 Å². The highest BCUT2D eigenvalue weighted by molar-refractivity contribution is 6.74. The van der Waals surface area contributed by atoms with Gasteiger partial charge in [-0.1, -0.05) is 51.1 Å². The van der Waals surface area contributed by atoms with Crippen LogP contribution in [-0.4, -0.2) is 25.3 Å². The van der Waals surface area contributed by atoms with Crippen LogP contribution in [0, 0.1) is 0 Å². The molecule has 20 heavy (non-hydrogen) atoms. The lowest BCUT2D eigenvalue weighted by atomic mass is 10.0. The first-order valence-corrected chi connectivity index (χ1v) is 9.88. The number of Topliss-reactive ketones (excluding diaryl/α,β-unsaturated/α-hetero) is 1. The van der Waals surface area contributed by atoms with Crippen LogP contribution in [0.15, 0.2) is 30.3 Å². The molecule has 0 fully saturated rings. The standard InChI is InChI=1S/C16H26O3Si/c1-12(17)15(19-20(5,6)16(2,3)4)14(18)13-10-8-7-9-11-13/h7-11,14-15,18H,1-6H3/t14-,15-/m0/s1. The van der Waals surface area contributed by atoms with Gasteiger partial charge >= 0.3 is 0 Å². The lowest BCUT2D eigenvalue weighted by Crippen LogP contribution is -2.47. The van der Waals surface area contributed by atoms with Crippen LogP contribution in [0.5, 0.6) is 0 Å². The minimum atomic E-state index is -2.11. The van der Waals surface area contributed by atoms with Crippen LogP contribution in [0.1, 0.15) is 39.4 Å². The summed E-state index contributed by atoms with van der Waals surface area (Å²) in [6.45, 7) is 12.0. The quantitative estimate of drug-likeness (QED) is 0.842. The van der Waals surface area contributed by atoms with Crippen molar-refractivity contribution >= 4 is 14.1 Å². The van der Waals surface area contributed by atoms with Crippen molar-refractivity contribution < 1.29 is 14.3 Å².